The minimum Gasteiger partial charge on any atom is -0.454 e. The van der Waals surface area contributed by atoms with Crippen molar-refractivity contribution in [1.29, 1.82) is 0 Å². The van der Waals surface area contributed by atoms with Crippen LogP contribution < -0.4 is 9.47 Å². The highest BCUT2D eigenvalue weighted by Crippen LogP contribution is 2.41. The van der Waals surface area contributed by atoms with Gasteiger partial charge in [-0.1, -0.05) is 24.3 Å². The Balaban J connectivity index is 1.66. The van der Waals surface area contributed by atoms with Crippen LogP contribution in [0.4, 0.5) is 0 Å². The first-order valence-corrected chi connectivity index (χ1v) is 6.99. The van der Waals surface area contributed by atoms with Gasteiger partial charge in [0.25, 0.3) is 5.91 Å². The third-order valence-corrected chi connectivity index (χ3v) is 4.13. The van der Waals surface area contributed by atoms with Gasteiger partial charge in [0.1, 0.15) is 0 Å². The third-order valence-electron chi connectivity index (χ3n) is 4.13. The number of nitrogens with zero attached hydrogens (tertiary/aromatic N) is 1. The van der Waals surface area contributed by atoms with Crippen LogP contribution in [0, 0.1) is 6.92 Å². The number of ether oxygens (including phenoxy) is 2. The van der Waals surface area contributed by atoms with Gasteiger partial charge >= 0.3 is 0 Å². The van der Waals surface area contributed by atoms with Crippen molar-refractivity contribution in [2.24, 2.45) is 0 Å². The number of hydrogen-bond donors (Lipinski definition) is 0. The van der Waals surface area contributed by atoms with E-state index in [0.717, 1.165) is 22.6 Å². The number of benzene rings is 2. The van der Waals surface area contributed by atoms with Crippen LogP contribution in [0.15, 0.2) is 36.4 Å². The maximum Gasteiger partial charge on any atom is 0.254 e. The summed E-state index contributed by atoms with van der Waals surface area (Å²) >= 11 is 0. The van der Waals surface area contributed by atoms with Crippen LogP contribution in [0.2, 0.25) is 0 Å². The van der Waals surface area contributed by atoms with Crippen LogP contribution >= 0.6 is 0 Å². The lowest BCUT2D eigenvalue weighted by atomic mass is 10.1. The molecule has 106 valence electrons. The number of aryl methyl sites for hydroxylation is 1. The van der Waals surface area contributed by atoms with E-state index in [1.165, 1.54) is 11.1 Å². The van der Waals surface area contributed by atoms with E-state index >= 15 is 0 Å². The molecule has 4 heteroatoms. The average Bonchev–Trinajstić information content (AvgIpc) is 3.07. The molecular formula is C17H15NO3. The van der Waals surface area contributed by atoms with Crippen molar-refractivity contribution in [1.82, 2.24) is 4.90 Å². The molecule has 21 heavy (non-hydrogen) atoms. The molecule has 0 bridgehead atoms. The van der Waals surface area contributed by atoms with Gasteiger partial charge in [0.15, 0.2) is 11.5 Å². The first kappa shape index (κ1) is 12.3. The minimum atomic E-state index is 0.0616. The first-order chi connectivity index (χ1) is 10.2. The predicted octanol–water partition coefficient (Wildman–Crippen LogP) is 2.88. The quantitative estimate of drug-likeness (QED) is 0.849. The summed E-state index contributed by atoms with van der Waals surface area (Å²) in [6.45, 7) is 3.50. The Morgan fingerprint density at radius 3 is 2.86 bits per heavy atom. The number of rotatable bonds is 2. The Bertz CT molecular complexity index is 739. The number of fused-ring (bicyclic) bond motifs is 3. The fourth-order valence-corrected chi connectivity index (χ4v) is 2.94. The molecule has 4 rings (SSSR count). The molecule has 0 radical (unpaired) electrons. The van der Waals surface area contributed by atoms with Gasteiger partial charge in [-0.15, -0.1) is 0 Å². The van der Waals surface area contributed by atoms with Crippen LogP contribution in [0.25, 0.3) is 0 Å². The molecule has 2 aliphatic rings. The number of amides is 1. The largest absolute Gasteiger partial charge is 0.454 e. The van der Waals surface area contributed by atoms with Gasteiger partial charge in [-0.05, 0) is 30.2 Å². The van der Waals surface area contributed by atoms with Crippen molar-refractivity contribution in [3.63, 3.8) is 0 Å². The first-order valence-electron chi connectivity index (χ1n) is 6.99. The molecule has 2 aromatic carbocycles. The summed E-state index contributed by atoms with van der Waals surface area (Å²) in [5, 5.41) is 0. The van der Waals surface area contributed by atoms with Crippen LogP contribution in [-0.2, 0) is 13.1 Å². The van der Waals surface area contributed by atoms with Crippen molar-refractivity contribution < 1.29 is 14.3 Å². The van der Waals surface area contributed by atoms with Crippen molar-refractivity contribution in [3.05, 3.63) is 58.7 Å². The summed E-state index contributed by atoms with van der Waals surface area (Å²) in [5.74, 6) is 1.53. The third kappa shape index (κ3) is 1.87. The highest BCUT2D eigenvalue weighted by molar-refractivity contribution is 5.99. The van der Waals surface area contributed by atoms with E-state index in [2.05, 4.69) is 19.1 Å². The topological polar surface area (TPSA) is 38.8 Å². The Morgan fingerprint density at radius 2 is 2.00 bits per heavy atom. The van der Waals surface area contributed by atoms with Crippen molar-refractivity contribution in [2.45, 2.75) is 20.0 Å². The Kier molecular flexibility index (Phi) is 2.64. The number of hydrogen-bond acceptors (Lipinski definition) is 3. The lowest BCUT2D eigenvalue weighted by molar-refractivity contribution is 0.0766. The van der Waals surface area contributed by atoms with E-state index in [0.29, 0.717) is 13.1 Å². The van der Waals surface area contributed by atoms with Gasteiger partial charge in [0.05, 0.1) is 6.54 Å². The molecule has 0 N–H and O–H groups in total. The maximum absolute atomic E-state index is 12.5. The molecule has 0 spiro atoms. The molecule has 0 unspecified atom stereocenters. The van der Waals surface area contributed by atoms with Gasteiger partial charge in [0, 0.05) is 17.7 Å². The maximum atomic E-state index is 12.5. The van der Waals surface area contributed by atoms with Crippen molar-refractivity contribution in [2.75, 3.05) is 6.79 Å². The van der Waals surface area contributed by atoms with E-state index in [1.54, 1.807) is 0 Å². The van der Waals surface area contributed by atoms with Gasteiger partial charge < -0.3 is 14.4 Å². The van der Waals surface area contributed by atoms with E-state index in [4.69, 9.17) is 9.47 Å². The zero-order valence-electron chi connectivity index (χ0n) is 11.8. The lowest BCUT2D eigenvalue weighted by Gasteiger charge is -2.17. The van der Waals surface area contributed by atoms with E-state index < -0.39 is 0 Å². The fraction of sp³-hybridized carbons (Fsp3) is 0.235. The van der Waals surface area contributed by atoms with Gasteiger partial charge in [-0.3, -0.25) is 4.79 Å². The Morgan fingerprint density at radius 1 is 1.14 bits per heavy atom. The molecule has 0 aliphatic carbocycles. The zero-order valence-corrected chi connectivity index (χ0v) is 11.8. The molecule has 2 aromatic rings. The van der Waals surface area contributed by atoms with Crippen LogP contribution in [0.3, 0.4) is 0 Å². The molecule has 2 heterocycles. The van der Waals surface area contributed by atoms with Crippen LogP contribution in [0.5, 0.6) is 11.5 Å². The average molecular weight is 281 g/mol. The zero-order chi connectivity index (χ0) is 14.4. The monoisotopic (exact) mass is 281 g/mol. The van der Waals surface area contributed by atoms with E-state index in [-0.39, 0.29) is 12.7 Å². The molecular weight excluding hydrogens is 266 g/mol. The smallest absolute Gasteiger partial charge is 0.254 e. The standard InChI is InChI=1S/C17H15NO3/c1-11-4-2-3-5-12(11)8-18-9-14-13(17(18)19)6-7-15-16(14)21-10-20-15/h2-7H,8-10H2,1H3. The molecule has 4 nitrogen and oxygen atoms in total. The second kappa shape index (κ2) is 4.52. The Labute approximate surface area is 122 Å². The summed E-state index contributed by atoms with van der Waals surface area (Å²) in [4.78, 5) is 14.4. The number of carbonyl (C=O) groups excluding carboxylic acids is 1. The molecule has 2 aliphatic heterocycles. The second-order valence-corrected chi connectivity index (χ2v) is 5.41. The summed E-state index contributed by atoms with van der Waals surface area (Å²) in [5.41, 5.74) is 4.05. The SMILES string of the molecule is Cc1ccccc1CN1Cc2c(ccc3c2OCO3)C1=O. The fourth-order valence-electron chi connectivity index (χ4n) is 2.94. The highest BCUT2D eigenvalue weighted by Gasteiger charge is 2.33. The van der Waals surface area contributed by atoms with Crippen molar-refractivity contribution >= 4 is 5.91 Å². The van der Waals surface area contributed by atoms with E-state index in [1.807, 2.05) is 29.2 Å². The molecule has 0 saturated carbocycles. The van der Waals surface area contributed by atoms with Crippen LogP contribution in [-0.4, -0.2) is 17.6 Å². The molecule has 0 aromatic heterocycles. The molecule has 0 fully saturated rings. The van der Waals surface area contributed by atoms with Crippen LogP contribution in [0.1, 0.15) is 27.0 Å². The number of carbonyl (C=O) groups is 1. The molecule has 0 saturated heterocycles. The second-order valence-electron chi connectivity index (χ2n) is 5.41. The lowest BCUT2D eigenvalue weighted by Crippen LogP contribution is -2.23. The normalized spacial score (nSPS) is 15.5. The van der Waals surface area contributed by atoms with E-state index in [9.17, 15) is 4.79 Å². The van der Waals surface area contributed by atoms with Gasteiger partial charge in [-0.25, -0.2) is 0 Å². The molecule has 1 amide bonds. The van der Waals surface area contributed by atoms with Gasteiger partial charge in [0.2, 0.25) is 6.79 Å². The molecule has 0 atom stereocenters. The highest BCUT2D eigenvalue weighted by atomic mass is 16.7. The summed E-state index contributed by atoms with van der Waals surface area (Å²) in [6, 6.07) is 11.8. The summed E-state index contributed by atoms with van der Waals surface area (Å²) < 4.78 is 10.9. The Hall–Kier alpha value is -2.49. The summed E-state index contributed by atoms with van der Waals surface area (Å²) in [6.07, 6.45) is 0. The van der Waals surface area contributed by atoms with Crippen molar-refractivity contribution in [3.8, 4) is 11.5 Å². The summed E-state index contributed by atoms with van der Waals surface area (Å²) in [7, 11) is 0. The predicted molar refractivity (Wildman–Crippen MR) is 77.3 cm³/mol. The minimum absolute atomic E-state index is 0.0616. The van der Waals surface area contributed by atoms with Gasteiger partial charge in [-0.2, -0.15) is 0 Å².